The molecule has 0 aliphatic carbocycles. The van der Waals surface area contributed by atoms with E-state index in [4.69, 9.17) is 15.2 Å². The normalized spacial score (nSPS) is 24.9. The van der Waals surface area contributed by atoms with Gasteiger partial charge < -0.3 is 15.2 Å². The predicted molar refractivity (Wildman–Crippen MR) is 56.3 cm³/mol. The van der Waals surface area contributed by atoms with Crippen LogP contribution in [0.25, 0.3) is 0 Å². The second-order valence-electron chi connectivity index (χ2n) is 4.40. The minimum Gasteiger partial charge on any atom is -0.379 e. The first-order valence-electron chi connectivity index (χ1n) is 5.16. The Labute approximate surface area is 86.3 Å². The van der Waals surface area contributed by atoms with Gasteiger partial charge in [-0.25, -0.2) is 0 Å². The maximum atomic E-state index is 5.61. The molecular formula is C10H22N2O2. The molecule has 0 amide bonds. The number of methoxy groups -OCH3 is 1. The van der Waals surface area contributed by atoms with E-state index in [1.165, 1.54) is 0 Å². The molecule has 84 valence electrons. The molecule has 1 saturated heterocycles. The maximum absolute atomic E-state index is 5.61. The summed E-state index contributed by atoms with van der Waals surface area (Å²) in [6.07, 6.45) is 0.132. The van der Waals surface area contributed by atoms with Crippen molar-refractivity contribution in [3.8, 4) is 0 Å². The van der Waals surface area contributed by atoms with Gasteiger partial charge in [0.2, 0.25) is 0 Å². The van der Waals surface area contributed by atoms with Crippen LogP contribution in [-0.2, 0) is 9.47 Å². The molecule has 0 spiro atoms. The van der Waals surface area contributed by atoms with Gasteiger partial charge in [-0.2, -0.15) is 0 Å². The summed E-state index contributed by atoms with van der Waals surface area (Å²) >= 11 is 0. The van der Waals surface area contributed by atoms with E-state index in [0.29, 0.717) is 6.54 Å². The predicted octanol–water partition coefficient (Wildman–Crippen LogP) is 0.0709. The Morgan fingerprint density at radius 2 is 2.29 bits per heavy atom. The van der Waals surface area contributed by atoms with Gasteiger partial charge in [0.05, 0.1) is 19.3 Å². The maximum Gasteiger partial charge on any atom is 0.0820 e. The van der Waals surface area contributed by atoms with Crippen LogP contribution in [0.5, 0.6) is 0 Å². The lowest BCUT2D eigenvalue weighted by molar-refractivity contribution is -0.0698. The zero-order valence-corrected chi connectivity index (χ0v) is 9.45. The highest BCUT2D eigenvalue weighted by atomic mass is 16.5. The van der Waals surface area contributed by atoms with Crippen LogP contribution < -0.4 is 5.73 Å². The van der Waals surface area contributed by atoms with E-state index in [9.17, 15) is 0 Å². The number of nitrogens with two attached hydrogens (primary N) is 1. The molecule has 0 aromatic heterocycles. The average molecular weight is 202 g/mol. The molecule has 0 aromatic carbocycles. The molecular weight excluding hydrogens is 180 g/mol. The Morgan fingerprint density at radius 3 is 2.79 bits per heavy atom. The SMILES string of the molecule is COC(CN)CN1CCOCC1(C)C. The number of ether oxygens (including phenoxy) is 2. The molecule has 14 heavy (non-hydrogen) atoms. The fourth-order valence-electron chi connectivity index (χ4n) is 1.72. The Balaban J connectivity index is 2.48. The van der Waals surface area contributed by atoms with E-state index >= 15 is 0 Å². The topological polar surface area (TPSA) is 47.7 Å². The van der Waals surface area contributed by atoms with Gasteiger partial charge in [0.1, 0.15) is 0 Å². The van der Waals surface area contributed by atoms with Crippen molar-refractivity contribution in [1.82, 2.24) is 4.90 Å². The minimum absolute atomic E-state index is 0.101. The first-order valence-corrected chi connectivity index (χ1v) is 5.16. The molecule has 2 N–H and O–H groups in total. The summed E-state index contributed by atoms with van der Waals surface area (Å²) in [6.45, 7) is 8.41. The van der Waals surface area contributed by atoms with Crippen LogP contribution in [0.4, 0.5) is 0 Å². The van der Waals surface area contributed by atoms with Gasteiger partial charge in [-0.15, -0.1) is 0 Å². The van der Waals surface area contributed by atoms with Crippen molar-refractivity contribution in [1.29, 1.82) is 0 Å². The van der Waals surface area contributed by atoms with E-state index in [0.717, 1.165) is 26.3 Å². The third kappa shape index (κ3) is 2.92. The Hall–Kier alpha value is -0.160. The van der Waals surface area contributed by atoms with Gasteiger partial charge in [-0.1, -0.05) is 0 Å². The van der Waals surface area contributed by atoms with Gasteiger partial charge in [0.25, 0.3) is 0 Å². The first kappa shape index (κ1) is 11.9. The lowest BCUT2D eigenvalue weighted by Gasteiger charge is -2.43. The quantitative estimate of drug-likeness (QED) is 0.701. The van der Waals surface area contributed by atoms with Crippen molar-refractivity contribution < 1.29 is 9.47 Å². The van der Waals surface area contributed by atoms with Crippen molar-refractivity contribution in [3.05, 3.63) is 0 Å². The van der Waals surface area contributed by atoms with Crippen LogP contribution in [0.1, 0.15) is 13.8 Å². The zero-order chi connectivity index (χ0) is 10.6. The standard InChI is InChI=1S/C10H22N2O2/c1-10(2)8-14-5-4-12(10)7-9(6-11)13-3/h9H,4-8,11H2,1-3H3. The van der Waals surface area contributed by atoms with Crippen LogP contribution in [0, 0.1) is 0 Å². The molecule has 1 fully saturated rings. The van der Waals surface area contributed by atoms with Gasteiger partial charge in [-0.05, 0) is 13.8 Å². The molecule has 1 rings (SSSR count). The summed E-state index contributed by atoms with van der Waals surface area (Å²) in [5, 5.41) is 0. The van der Waals surface area contributed by atoms with Gasteiger partial charge in [-0.3, -0.25) is 4.90 Å². The molecule has 0 bridgehead atoms. The minimum atomic E-state index is 0.101. The van der Waals surface area contributed by atoms with Crippen molar-refractivity contribution in [3.63, 3.8) is 0 Å². The highest BCUT2D eigenvalue weighted by Gasteiger charge is 2.31. The Bertz CT molecular complexity index is 170. The summed E-state index contributed by atoms with van der Waals surface area (Å²) in [5.74, 6) is 0. The van der Waals surface area contributed by atoms with E-state index < -0.39 is 0 Å². The van der Waals surface area contributed by atoms with Crippen LogP contribution in [0.15, 0.2) is 0 Å². The summed E-state index contributed by atoms with van der Waals surface area (Å²) in [5.41, 5.74) is 5.71. The van der Waals surface area contributed by atoms with Gasteiger partial charge >= 0.3 is 0 Å². The smallest absolute Gasteiger partial charge is 0.0820 e. The van der Waals surface area contributed by atoms with E-state index in [-0.39, 0.29) is 11.6 Å². The summed E-state index contributed by atoms with van der Waals surface area (Å²) < 4.78 is 10.7. The summed E-state index contributed by atoms with van der Waals surface area (Å²) in [4.78, 5) is 2.39. The number of morpholine rings is 1. The Morgan fingerprint density at radius 1 is 1.57 bits per heavy atom. The van der Waals surface area contributed by atoms with Gasteiger partial charge in [0.15, 0.2) is 0 Å². The summed E-state index contributed by atoms with van der Waals surface area (Å²) in [7, 11) is 1.71. The van der Waals surface area contributed by atoms with Crippen molar-refractivity contribution in [2.24, 2.45) is 5.73 Å². The molecule has 0 saturated carbocycles. The van der Waals surface area contributed by atoms with E-state index in [1.54, 1.807) is 7.11 Å². The third-order valence-electron chi connectivity index (χ3n) is 2.84. The van der Waals surface area contributed by atoms with Crippen molar-refractivity contribution >= 4 is 0 Å². The number of rotatable bonds is 4. The molecule has 1 aliphatic rings. The zero-order valence-electron chi connectivity index (χ0n) is 9.45. The Kier molecular flexibility index (Phi) is 4.31. The highest BCUT2D eigenvalue weighted by molar-refractivity contribution is 4.86. The number of nitrogens with zero attached hydrogens (tertiary/aromatic N) is 1. The van der Waals surface area contributed by atoms with Gasteiger partial charge in [0, 0.05) is 32.3 Å². The molecule has 1 aliphatic heterocycles. The fraction of sp³-hybridized carbons (Fsp3) is 1.00. The number of hydrogen-bond donors (Lipinski definition) is 1. The number of hydrogen-bond acceptors (Lipinski definition) is 4. The van der Waals surface area contributed by atoms with E-state index in [1.807, 2.05) is 0 Å². The molecule has 1 heterocycles. The first-order chi connectivity index (χ1) is 6.60. The second-order valence-corrected chi connectivity index (χ2v) is 4.40. The fourth-order valence-corrected chi connectivity index (χ4v) is 1.72. The summed E-state index contributed by atoms with van der Waals surface area (Å²) in [6, 6.07) is 0. The second kappa shape index (κ2) is 5.07. The van der Waals surface area contributed by atoms with Crippen LogP contribution in [0.2, 0.25) is 0 Å². The molecule has 0 radical (unpaired) electrons. The molecule has 4 nitrogen and oxygen atoms in total. The molecule has 1 atom stereocenters. The van der Waals surface area contributed by atoms with Crippen LogP contribution in [-0.4, -0.2) is 56.5 Å². The van der Waals surface area contributed by atoms with Crippen molar-refractivity contribution in [2.45, 2.75) is 25.5 Å². The third-order valence-corrected chi connectivity index (χ3v) is 2.84. The average Bonchev–Trinajstić information content (AvgIpc) is 2.16. The largest absolute Gasteiger partial charge is 0.379 e. The lowest BCUT2D eigenvalue weighted by Crippen LogP contribution is -2.56. The molecule has 1 unspecified atom stereocenters. The molecule has 4 heteroatoms. The van der Waals surface area contributed by atoms with Crippen LogP contribution >= 0.6 is 0 Å². The van der Waals surface area contributed by atoms with Crippen LogP contribution in [0.3, 0.4) is 0 Å². The van der Waals surface area contributed by atoms with Crippen molar-refractivity contribution in [2.75, 3.05) is 40.0 Å². The lowest BCUT2D eigenvalue weighted by atomic mass is 10.0. The highest BCUT2D eigenvalue weighted by Crippen LogP contribution is 2.19. The molecule has 0 aromatic rings. The monoisotopic (exact) mass is 202 g/mol. The van der Waals surface area contributed by atoms with E-state index in [2.05, 4.69) is 18.7 Å².